The Bertz CT molecular complexity index is 2610. The van der Waals surface area contributed by atoms with Gasteiger partial charge in [0.2, 0.25) is 0 Å². The molecule has 0 atom stereocenters. The van der Waals surface area contributed by atoms with Gasteiger partial charge in [-0.3, -0.25) is 4.40 Å². The number of para-hydroxylation sites is 1. The van der Waals surface area contributed by atoms with Crippen molar-refractivity contribution in [3.63, 3.8) is 0 Å². The maximum atomic E-state index is 15.1. The summed E-state index contributed by atoms with van der Waals surface area (Å²) in [6.07, 6.45) is 2.11. The summed E-state index contributed by atoms with van der Waals surface area (Å²) in [6.45, 7) is 0. The van der Waals surface area contributed by atoms with Gasteiger partial charge in [-0.15, -0.1) is 0 Å². The van der Waals surface area contributed by atoms with E-state index in [4.69, 9.17) is 9.97 Å². The Morgan fingerprint density at radius 2 is 0.939 bits per heavy atom. The third-order valence-electron chi connectivity index (χ3n) is 9.29. The van der Waals surface area contributed by atoms with Crippen LogP contribution in [-0.4, -0.2) is 14.4 Å². The van der Waals surface area contributed by atoms with Crippen molar-refractivity contribution in [2.75, 3.05) is 0 Å². The molecule has 9 rings (SSSR count). The molecule has 0 aliphatic heterocycles. The van der Waals surface area contributed by atoms with Crippen molar-refractivity contribution >= 4 is 50.4 Å². The minimum absolute atomic E-state index is 0.791. The molecule has 4 nitrogen and oxygen atoms in total. The monoisotopic (exact) mass is 647 g/mol. The molecule has 49 heavy (non-hydrogen) atoms. The quantitative estimate of drug-likeness (QED) is 0.133. The lowest BCUT2D eigenvalue weighted by atomic mass is 10.0. The first-order valence-electron chi connectivity index (χ1n) is 16.4. The average Bonchev–Trinajstić information content (AvgIpc) is 3.58. The van der Waals surface area contributed by atoms with Crippen molar-refractivity contribution < 1.29 is 4.57 Å². The number of nitrogens with zero attached hydrogens (tertiary/aromatic N) is 3. The van der Waals surface area contributed by atoms with E-state index < -0.39 is 7.14 Å². The van der Waals surface area contributed by atoms with Gasteiger partial charge >= 0.3 is 0 Å². The van der Waals surface area contributed by atoms with Crippen LogP contribution in [-0.2, 0) is 4.57 Å². The van der Waals surface area contributed by atoms with E-state index in [0.29, 0.717) is 0 Å². The zero-order valence-electron chi connectivity index (χ0n) is 26.5. The Balaban J connectivity index is 1.30. The zero-order valence-corrected chi connectivity index (χ0v) is 27.4. The van der Waals surface area contributed by atoms with Crippen LogP contribution in [0.1, 0.15) is 0 Å². The van der Waals surface area contributed by atoms with Gasteiger partial charge in [-0.2, -0.15) is 0 Å². The number of hydrogen-bond acceptors (Lipinski definition) is 3. The Morgan fingerprint density at radius 1 is 0.429 bits per heavy atom. The maximum absolute atomic E-state index is 15.1. The van der Waals surface area contributed by atoms with E-state index >= 15 is 4.57 Å². The number of imidazole rings is 1. The Kier molecular flexibility index (Phi) is 7.04. The van der Waals surface area contributed by atoms with E-state index in [1.807, 2.05) is 103 Å². The summed E-state index contributed by atoms with van der Waals surface area (Å²) in [5, 5.41) is 5.59. The second-order valence-electron chi connectivity index (χ2n) is 12.1. The number of hydrogen-bond donors (Lipinski definition) is 0. The predicted octanol–water partition coefficient (Wildman–Crippen LogP) is 9.68. The highest BCUT2D eigenvalue weighted by molar-refractivity contribution is 7.85. The topological polar surface area (TPSA) is 47.3 Å². The van der Waals surface area contributed by atoms with Gasteiger partial charge in [0, 0.05) is 55.0 Å². The van der Waals surface area contributed by atoms with E-state index in [-0.39, 0.29) is 0 Å². The molecule has 0 unspecified atom stereocenters. The van der Waals surface area contributed by atoms with Crippen molar-refractivity contribution in [1.29, 1.82) is 0 Å². The fourth-order valence-corrected chi connectivity index (χ4v) is 9.62. The molecule has 0 aliphatic rings. The first kappa shape index (κ1) is 29.1. The molecule has 0 fully saturated rings. The third-order valence-corrected chi connectivity index (χ3v) is 12.4. The van der Waals surface area contributed by atoms with Gasteiger partial charge < -0.3 is 4.57 Å². The van der Waals surface area contributed by atoms with E-state index in [9.17, 15) is 0 Å². The number of rotatable bonds is 6. The van der Waals surface area contributed by atoms with E-state index in [0.717, 1.165) is 77.0 Å². The lowest BCUT2D eigenvalue weighted by Crippen LogP contribution is -2.24. The number of aromatic nitrogens is 3. The molecule has 232 valence electrons. The van der Waals surface area contributed by atoms with Crippen molar-refractivity contribution in [2.24, 2.45) is 0 Å². The van der Waals surface area contributed by atoms with Crippen LogP contribution in [0.2, 0.25) is 0 Å². The summed E-state index contributed by atoms with van der Waals surface area (Å²) in [4.78, 5) is 10.6. The highest BCUT2D eigenvalue weighted by Gasteiger charge is 2.30. The molecule has 0 amide bonds. The molecule has 9 aromatic rings. The summed E-state index contributed by atoms with van der Waals surface area (Å²) >= 11 is 0. The standard InChI is InChI=1S/C44H30N3OP/c48-49(34-19-9-3-10-20-34,35-21-11-4-12-22-35)36-27-25-33(26-28-36)43-42(32-17-7-2-8-18-32)46-44-40-37-23-13-14-24-39(37)45-41(31-15-5-1-6-16-31)38(40)29-30-47(43)44/h1-30H. The third kappa shape index (κ3) is 4.80. The molecule has 0 bridgehead atoms. The largest absolute Gasteiger partial charge is 0.309 e. The molecule has 0 saturated heterocycles. The number of fused-ring (bicyclic) bond motifs is 5. The van der Waals surface area contributed by atoms with Gasteiger partial charge in [0.05, 0.1) is 22.6 Å². The lowest BCUT2D eigenvalue weighted by molar-refractivity contribution is 0.592. The molecule has 3 aromatic heterocycles. The van der Waals surface area contributed by atoms with Crippen molar-refractivity contribution in [1.82, 2.24) is 14.4 Å². The van der Waals surface area contributed by atoms with Crippen LogP contribution in [0, 0.1) is 0 Å². The van der Waals surface area contributed by atoms with Gasteiger partial charge in [-0.25, -0.2) is 9.97 Å². The number of pyridine rings is 2. The molecule has 5 heteroatoms. The normalized spacial score (nSPS) is 11.8. The molecule has 0 radical (unpaired) electrons. The van der Waals surface area contributed by atoms with E-state index in [1.165, 1.54) is 0 Å². The van der Waals surface area contributed by atoms with E-state index in [2.05, 4.69) is 83.4 Å². The van der Waals surface area contributed by atoms with Crippen molar-refractivity contribution in [3.8, 4) is 33.8 Å². The van der Waals surface area contributed by atoms with Crippen LogP contribution >= 0.6 is 7.14 Å². The average molecular weight is 648 g/mol. The summed E-state index contributed by atoms with van der Waals surface area (Å²) in [5.74, 6) is 0. The molecule has 6 aromatic carbocycles. The first-order chi connectivity index (χ1) is 24.2. The van der Waals surface area contributed by atoms with Crippen LogP contribution in [0.3, 0.4) is 0 Å². The molecule has 0 spiro atoms. The highest BCUT2D eigenvalue weighted by atomic mass is 31.2. The van der Waals surface area contributed by atoms with Crippen LogP contribution < -0.4 is 15.9 Å². The van der Waals surface area contributed by atoms with Gasteiger partial charge in [0.1, 0.15) is 5.65 Å². The Hall–Kier alpha value is -6.09. The minimum atomic E-state index is -3.12. The second-order valence-corrected chi connectivity index (χ2v) is 14.9. The van der Waals surface area contributed by atoms with Crippen LogP contribution in [0.5, 0.6) is 0 Å². The predicted molar refractivity (Wildman–Crippen MR) is 204 cm³/mol. The fraction of sp³-hybridized carbons (Fsp3) is 0. The van der Waals surface area contributed by atoms with Crippen LogP contribution in [0.25, 0.3) is 61.1 Å². The first-order valence-corrected chi connectivity index (χ1v) is 18.1. The zero-order chi connectivity index (χ0) is 32.8. The molecule has 0 N–H and O–H groups in total. The van der Waals surface area contributed by atoms with Gasteiger partial charge in [0.25, 0.3) is 0 Å². The SMILES string of the molecule is O=P(c1ccccc1)(c1ccccc1)c1ccc(-c2c(-c3ccccc3)nc3c4c(ccn23)c(-c2ccccc2)nc2ccccc24)cc1. The van der Waals surface area contributed by atoms with Crippen molar-refractivity contribution in [2.45, 2.75) is 0 Å². The number of benzene rings is 6. The minimum Gasteiger partial charge on any atom is -0.309 e. The van der Waals surface area contributed by atoms with E-state index in [1.54, 1.807) is 0 Å². The summed E-state index contributed by atoms with van der Waals surface area (Å²) in [7, 11) is -3.12. The molecule has 3 heterocycles. The Morgan fingerprint density at radius 3 is 1.55 bits per heavy atom. The molecular formula is C44H30N3OP. The summed E-state index contributed by atoms with van der Waals surface area (Å²) < 4.78 is 17.3. The lowest BCUT2D eigenvalue weighted by Gasteiger charge is -2.20. The molecular weight excluding hydrogens is 617 g/mol. The van der Waals surface area contributed by atoms with Crippen molar-refractivity contribution in [3.05, 3.63) is 182 Å². The maximum Gasteiger partial charge on any atom is 0.171 e. The Labute approximate surface area is 284 Å². The van der Waals surface area contributed by atoms with Crippen LogP contribution in [0.4, 0.5) is 0 Å². The molecule has 0 saturated carbocycles. The second kappa shape index (κ2) is 11.9. The summed E-state index contributed by atoms with van der Waals surface area (Å²) in [6, 6.07) is 59.0. The van der Waals surface area contributed by atoms with Gasteiger partial charge in [-0.05, 0) is 12.1 Å². The highest BCUT2D eigenvalue weighted by Crippen LogP contribution is 2.44. The summed E-state index contributed by atoms with van der Waals surface area (Å²) in [5.41, 5.74) is 7.67. The smallest absolute Gasteiger partial charge is 0.171 e. The fourth-order valence-electron chi connectivity index (χ4n) is 6.97. The van der Waals surface area contributed by atoms with Crippen LogP contribution in [0.15, 0.2) is 182 Å². The molecule has 0 aliphatic carbocycles. The van der Waals surface area contributed by atoms with Gasteiger partial charge in [0.15, 0.2) is 7.14 Å². The van der Waals surface area contributed by atoms with Gasteiger partial charge in [-0.1, -0.05) is 164 Å².